The second kappa shape index (κ2) is 10.5. The summed E-state index contributed by atoms with van der Waals surface area (Å²) in [6, 6.07) is 5.85. The van der Waals surface area contributed by atoms with Crippen molar-refractivity contribution >= 4 is 19.4 Å². The van der Waals surface area contributed by atoms with Gasteiger partial charge in [0.15, 0.2) is 0 Å². The van der Waals surface area contributed by atoms with E-state index in [4.69, 9.17) is 9.05 Å². The maximum atomic E-state index is 12.8. The highest BCUT2D eigenvalue weighted by molar-refractivity contribution is 8.05. The monoisotopic (exact) mass is 437 g/mol. The number of quaternary nitrogens is 1. The Morgan fingerprint density at radius 3 is 2.33 bits per heavy atom. The van der Waals surface area contributed by atoms with Gasteiger partial charge >= 0.3 is 7.60 Å². The number of fused-ring (bicyclic) bond motifs is 1. The predicted molar refractivity (Wildman–Crippen MR) is 108 cm³/mol. The molecule has 2 rings (SSSR count). The number of thioether (sulfide) groups is 1. The number of benzene rings is 1. The molecular weight excluding hydrogens is 405 g/mol. The smallest absolute Gasteiger partial charge is 0.340 e. The zero-order chi connectivity index (χ0) is 19.4. The summed E-state index contributed by atoms with van der Waals surface area (Å²) in [6.45, 7) is 8.81. The normalized spacial score (nSPS) is 21.4. The molecule has 1 aromatic rings. The molecule has 0 saturated carbocycles. The van der Waals surface area contributed by atoms with E-state index >= 15 is 0 Å². The first-order valence-electron chi connectivity index (χ1n) is 9.50. The van der Waals surface area contributed by atoms with Crippen LogP contribution in [0.2, 0.25) is 0 Å². The van der Waals surface area contributed by atoms with E-state index < -0.39 is 7.60 Å². The van der Waals surface area contributed by atoms with Crippen molar-refractivity contribution in [2.24, 2.45) is 0 Å². The highest BCUT2D eigenvalue weighted by Gasteiger charge is 2.48. The molecule has 0 aliphatic heterocycles. The molecular formula is C19H33ClNO4PS. The molecule has 0 aromatic heterocycles. The number of phenolic OH excluding ortho intramolecular Hbond substituents is 1. The Labute approximate surface area is 173 Å². The lowest BCUT2D eigenvalue weighted by atomic mass is 9.63. The molecule has 27 heavy (non-hydrogen) atoms. The van der Waals surface area contributed by atoms with Crippen LogP contribution in [0.3, 0.4) is 0 Å². The summed E-state index contributed by atoms with van der Waals surface area (Å²) in [5.41, 5.74) is 7.27. The molecule has 0 spiro atoms. The second-order valence-corrected chi connectivity index (χ2v) is 10.5. The first-order valence-corrected chi connectivity index (χ1v) is 12.3. The second-order valence-electron chi connectivity index (χ2n) is 6.80. The summed E-state index contributed by atoms with van der Waals surface area (Å²) < 4.78 is 23.7. The molecule has 0 fully saturated rings. The van der Waals surface area contributed by atoms with E-state index in [9.17, 15) is 9.67 Å². The molecule has 8 heteroatoms. The number of hydrogen-bond acceptors (Lipinski definition) is 5. The fraction of sp³-hybridized carbons (Fsp3) is 0.684. The number of rotatable bonds is 9. The predicted octanol–water partition coefficient (Wildman–Crippen LogP) is 0.946. The number of halogens is 1. The van der Waals surface area contributed by atoms with Crippen LogP contribution >= 0.6 is 19.4 Å². The van der Waals surface area contributed by atoms with Gasteiger partial charge in [-0.2, -0.15) is 0 Å². The molecule has 4 N–H and O–H groups in total. The zero-order valence-electron chi connectivity index (χ0n) is 16.7. The van der Waals surface area contributed by atoms with Crippen LogP contribution in [0.5, 0.6) is 5.75 Å². The summed E-state index contributed by atoms with van der Waals surface area (Å²) in [6.07, 6.45) is 2.77. The van der Waals surface area contributed by atoms with E-state index in [2.05, 4.69) is 19.6 Å². The van der Waals surface area contributed by atoms with Crippen molar-refractivity contribution in [2.75, 3.05) is 18.7 Å². The topological polar surface area (TPSA) is 83.4 Å². The van der Waals surface area contributed by atoms with Crippen LogP contribution < -0.4 is 18.1 Å². The minimum absolute atomic E-state index is 0. The Morgan fingerprint density at radius 1 is 1.22 bits per heavy atom. The summed E-state index contributed by atoms with van der Waals surface area (Å²) in [4.78, 5) is 0. The lowest BCUT2D eigenvalue weighted by molar-refractivity contribution is -0.439. The Balaban J connectivity index is 0.00000364. The summed E-state index contributed by atoms with van der Waals surface area (Å²) in [7, 11) is -3.07. The van der Waals surface area contributed by atoms with Crippen molar-refractivity contribution < 1.29 is 36.9 Å². The van der Waals surface area contributed by atoms with Gasteiger partial charge in [-0.3, -0.25) is 4.57 Å². The van der Waals surface area contributed by atoms with E-state index in [0.717, 1.165) is 19.3 Å². The van der Waals surface area contributed by atoms with Crippen molar-refractivity contribution in [3.05, 3.63) is 29.3 Å². The summed E-state index contributed by atoms with van der Waals surface area (Å²) in [5, 5.41) is 10.2. The summed E-state index contributed by atoms with van der Waals surface area (Å²) >= 11 is 1.66. The SMILES string of the molecule is CCOP(=O)(CS[C@@H]1Cc2ccc(O)cc2C(CC)(CC)[C@H]1[NH3+])OCC.[Cl-]. The van der Waals surface area contributed by atoms with Gasteiger partial charge in [-0.15, -0.1) is 11.8 Å². The molecule has 0 heterocycles. The third-order valence-corrected chi connectivity index (χ3v) is 9.66. The fourth-order valence-electron chi connectivity index (χ4n) is 4.14. The quantitative estimate of drug-likeness (QED) is 0.562. The molecule has 1 aromatic carbocycles. The van der Waals surface area contributed by atoms with Crippen molar-refractivity contribution in [3.63, 3.8) is 0 Å². The van der Waals surface area contributed by atoms with Gasteiger partial charge in [0.2, 0.25) is 0 Å². The van der Waals surface area contributed by atoms with Gasteiger partial charge in [0, 0.05) is 5.41 Å². The van der Waals surface area contributed by atoms with Gasteiger partial charge < -0.3 is 32.3 Å². The van der Waals surface area contributed by atoms with Crippen LogP contribution in [0, 0.1) is 0 Å². The van der Waals surface area contributed by atoms with Gasteiger partial charge in [-0.25, -0.2) is 0 Å². The van der Waals surface area contributed by atoms with Crippen molar-refractivity contribution in [1.29, 1.82) is 0 Å². The standard InChI is InChI=1S/C19H32NO4PS.ClH/c1-5-19(6-2)16-12-15(21)10-9-14(16)11-17(18(19)20)26-13-25(22,23-7-3)24-8-4;/h9-10,12,17-18,21H,5-8,11,13,20H2,1-4H3;1H/t17-,18+;/m1./s1. The average molecular weight is 438 g/mol. The Hall–Kier alpha value is -0.230. The molecule has 2 atom stereocenters. The number of hydrogen-bond donors (Lipinski definition) is 2. The Bertz CT molecular complexity index is 647. The van der Waals surface area contributed by atoms with Gasteiger partial charge in [-0.1, -0.05) is 19.9 Å². The first-order chi connectivity index (χ1) is 12.4. The van der Waals surface area contributed by atoms with Crippen LogP contribution in [-0.4, -0.2) is 35.1 Å². The lowest BCUT2D eigenvalue weighted by Gasteiger charge is -2.44. The molecule has 0 bridgehead atoms. The zero-order valence-corrected chi connectivity index (χ0v) is 19.2. The molecule has 1 aliphatic carbocycles. The molecule has 0 radical (unpaired) electrons. The Morgan fingerprint density at radius 2 is 1.81 bits per heavy atom. The highest BCUT2D eigenvalue weighted by Crippen LogP contribution is 2.53. The molecule has 0 amide bonds. The molecule has 5 nitrogen and oxygen atoms in total. The summed E-state index contributed by atoms with van der Waals surface area (Å²) in [5.74, 6) is 0.311. The van der Waals surface area contributed by atoms with E-state index in [0.29, 0.717) is 24.5 Å². The van der Waals surface area contributed by atoms with Crippen LogP contribution in [0.25, 0.3) is 0 Å². The van der Waals surface area contributed by atoms with E-state index in [1.807, 2.05) is 26.0 Å². The van der Waals surface area contributed by atoms with Crippen LogP contribution in [0.4, 0.5) is 0 Å². The third kappa shape index (κ3) is 5.23. The molecule has 156 valence electrons. The largest absolute Gasteiger partial charge is 1.00 e. The number of phenols is 1. The molecule has 0 unspecified atom stereocenters. The minimum Gasteiger partial charge on any atom is -1.00 e. The third-order valence-electron chi connectivity index (χ3n) is 5.57. The maximum absolute atomic E-state index is 12.8. The van der Waals surface area contributed by atoms with Crippen molar-refractivity contribution in [3.8, 4) is 5.75 Å². The van der Waals surface area contributed by atoms with Crippen molar-refractivity contribution in [1.82, 2.24) is 0 Å². The first kappa shape index (κ1) is 24.8. The lowest BCUT2D eigenvalue weighted by Crippen LogP contribution is -3.00. The fourth-order valence-corrected chi connectivity index (χ4v) is 7.89. The minimum atomic E-state index is -3.07. The van der Waals surface area contributed by atoms with E-state index in [-0.39, 0.29) is 29.1 Å². The van der Waals surface area contributed by atoms with Crippen LogP contribution in [0.1, 0.15) is 51.7 Å². The highest BCUT2D eigenvalue weighted by atomic mass is 35.5. The van der Waals surface area contributed by atoms with Crippen LogP contribution in [-0.2, 0) is 25.4 Å². The maximum Gasteiger partial charge on any atom is 0.340 e. The Kier molecular flexibility index (Phi) is 9.66. The van der Waals surface area contributed by atoms with Gasteiger partial charge in [0.1, 0.15) is 11.8 Å². The van der Waals surface area contributed by atoms with Gasteiger partial charge in [0.25, 0.3) is 0 Å². The molecule has 1 aliphatic rings. The van der Waals surface area contributed by atoms with Gasteiger partial charge in [-0.05, 0) is 56.4 Å². The van der Waals surface area contributed by atoms with E-state index in [1.54, 1.807) is 17.8 Å². The molecule has 0 saturated heterocycles. The van der Waals surface area contributed by atoms with Crippen LogP contribution in [0.15, 0.2) is 18.2 Å². The van der Waals surface area contributed by atoms with Crippen molar-refractivity contribution in [2.45, 2.75) is 63.7 Å². The number of aromatic hydroxyl groups is 1. The van der Waals surface area contributed by atoms with E-state index in [1.165, 1.54) is 11.1 Å². The average Bonchev–Trinajstić information content (AvgIpc) is 2.61. The van der Waals surface area contributed by atoms with Gasteiger partial charge in [0.05, 0.1) is 24.0 Å².